The second-order valence-corrected chi connectivity index (χ2v) is 13.1. The number of benzene rings is 3. The summed E-state index contributed by atoms with van der Waals surface area (Å²) in [5.74, 6) is -0.207. The van der Waals surface area contributed by atoms with Gasteiger partial charge in [0.05, 0.1) is 36.2 Å². The highest BCUT2D eigenvalue weighted by molar-refractivity contribution is 7.92. The van der Waals surface area contributed by atoms with E-state index in [0.717, 1.165) is 19.1 Å². The molecule has 0 aliphatic carbocycles. The molecule has 12 heteroatoms. The van der Waals surface area contributed by atoms with Gasteiger partial charge in [0.2, 0.25) is 20.0 Å². The normalized spacial score (nSPS) is 14.3. The molecule has 0 atom stereocenters. The second-order valence-electron chi connectivity index (χ2n) is 8.84. The number of ether oxygens (including phenoxy) is 1. The third-order valence-electron chi connectivity index (χ3n) is 6.21. The lowest BCUT2D eigenvalue weighted by molar-refractivity contribution is 0.102. The van der Waals surface area contributed by atoms with Crippen LogP contribution in [0.5, 0.6) is 5.75 Å². The Morgan fingerprint density at radius 3 is 2.26 bits per heavy atom. The van der Waals surface area contributed by atoms with Gasteiger partial charge in [0.15, 0.2) is 0 Å². The average molecular weight is 578 g/mol. The van der Waals surface area contributed by atoms with Crippen LogP contribution in [0, 0.1) is 0 Å². The zero-order valence-electron chi connectivity index (χ0n) is 20.9. The third-order valence-corrected chi connectivity index (χ3v) is 9.62. The minimum absolute atomic E-state index is 0.0273. The largest absolute Gasteiger partial charge is 0.495 e. The van der Waals surface area contributed by atoms with Crippen molar-refractivity contribution in [3.8, 4) is 5.75 Å². The molecule has 1 heterocycles. The first kappa shape index (κ1) is 27.9. The second kappa shape index (κ2) is 11.3. The van der Waals surface area contributed by atoms with Crippen LogP contribution in [0.4, 0.5) is 11.4 Å². The van der Waals surface area contributed by atoms with Crippen LogP contribution >= 0.6 is 11.6 Å². The summed E-state index contributed by atoms with van der Waals surface area (Å²) in [4.78, 5) is 13.1. The number of nitrogens with one attached hydrogen (secondary N) is 1. The lowest BCUT2D eigenvalue weighted by atomic mass is 10.1. The molecule has 1 saturated heterocycles. The Balaban J connectivity index is 1.57. The predicted molar refractivity (Wildman–Crippen MR) is 148 cm³/mol. The SMILES string of the molecule is COc1ccc(S(=O)(=O)N2CCCC2)cc1NC(=O)c1ccc(N(Cc2ccccc2Cl)S(C)(=O)=O)cc1. The first-order valence-electron chi connectivity index (χ1n) is 11.8. The average Bonchev–Trinajstić information content (AvgIpc) is 3.44. The van der Waals surface area contributed by atoms with Crippen LogP contribution < -0.4 is 14.4 Å². The molecule has 0 spiro atoms. The first-order valence-corrected chi connectivity index (χ1v) is 15.5. The Morgan fingerprint density at radius 1 is 1.00 bits per heavy atom. The van der Waals surface area contributed by atoms with Crippen LogP contribution in [0.3, 0.4) is 0 Å². The maximum absolute atomic E-state index is 13.0. The molecule has 0 bridgehead atoms. The number of rotatable bonds is 9. The molecule has 0 aromatic heterocycles. The van der Waals surface area contributed by atoms with E-state index in [0.29, 0.717) is 35.1 Å². The summed E-state index contributed by atoms with van der Waals surface area (Å²) >= 11 is 6.23. The Kier molecular flexibility index (Phi) is 8.31. The van der Waals surface area contributed by atoms with Crippen molar-refractivity contribution < 1.29 is 26.4 Å². The lowest BCUT2D eigenvalue weighted by Gasteiger charge is -2.23. The molecule has 1 aliphatic rings. The van der Waals surface area contributed by atoms with Crippen molar-refractivity contribution in [2.75, 3.05) is 36.1 Å². The zero-order chi connectivity index (χ0) is 27.5. The molecule has 0 unspecified atom stereocenters. The molecule has 1 N–H and O–H groups in total. The fourth-order valence-electron chi connectivity index (χ4n) is 4.18. The molecular weight excluding hydrogens is 550 g/mol. The van der Waals surface area contributed by atoms with Gasteiger partial charge in [0.1, 0.15) is 5.75 Å². The number of carbonyl (C=O) groups is 1. The summed E-state index contributed by atoms with van der Waals surface area (Å²) in [6, 6.07) is 17.3. The van der Waals surface area contributed by atoms with Crippen molar-refractivity contribution >= 4 is 48.9 Å². The van der Waals surface area contributed by atoms with E-state index in [-0.39, 0.29) is 22.7 Å². The molecular formula is C26H28ClN3O6S2. The smallest absolute Gasteiger partial charge is 0.255 e. The van der Waals surface area contributed by atoms with E-state index in [9.17, 15) is 21.6 Å². The van der Waals surface area contributed by atoms with Crippen molar-refractivity contribution in [2.24, 2.45) is 0 Å². The molecule has 38 heavy (non-hydrogen) atoms. The molecule has 3 aromatic rings. The number of nitrogens with zero attached hydrogens (tertiary/aromatic N) is 2. The van der Waals surface area contributed by atoms with Crippen molar-refractivity contribution in [1.82, 2.24) is 4.31 Å². The van der Waals surface area contributed by atoms with Crippen molar-refractivity contribution in [3.05, 3.63) is 82.9 Å². The maximum atomic E-state index is 13.0. The maximum Gasteiger partial charge on any atom is 0.255 e. The number of carbonyl (C=O) groups excluding carboxylic acids is 1. The predicted octanol–water partition coefficient (Wildman–Crippen LogP) is 4.35. The van der Waals surface area contributed by atoms with E-state index in [1.54, 1.807) is 24.3 Å². The third kappa shape index (κ3) is 6.12. The molecule has 0 saturated carbocycles. The molecule has 4 rings (SSSR count). The van der Waals surface area contributed by atoms with E-state index in [1.165, 1.54) is 58.2 Å². The summed E-state index contributed by atoms with van der Waals surface area (Å²) in [7, 11) is -5.92. The molecule has 1 fully saturated rings. The van der Waals surface area contributed by atoms with Gasteiger partial charge in [-0.15, -0.1) is 0 Å². The number of halogens is 1. The monoisotopic (exact) mass is 577 g/mol. The Labute approximate surface area is 228 Å². The highest BCUT2D eigenvalue weighted by Gasteiger charge is 2.28. The van der Waals surface area contributed by atoms with Crippen molar-refractivity contribution in [2.45, 2.75) is 24.3 Å². The molecule has 0 radical (unpaired) electrons. The first-order chi connectivity index (χ1) is 18.0. The molecule has 9 nitrogen and oxygen atoms in total. The van der Waals surface area contributed by atoms with Crippen LogP contribution in [0.2, 0.25) is 5.02 Å². The molecule has 202 valence electrons. The van der Waals surface area contributed by atoms with E-state index >= 15 is 0 Å². The van der Waals surface area contributed by atoms with Gasteiger partial charge in [0, 0.05) is 23.7 Å². The molecule has 3 aromatic carbocycles. The standard InChI is InChI=1S/C26H28ClN3O6S2/c1-36-25-14-13-22(38(34,35)29-15-5-6-16-29)17-24(25)28-26(31)19-9-11-21(12-10-19)30(37(2,32)33)18-20-7-3-4-8-23(20)27/h3-4,7-14,17H,5-6,15-16,18H2,1-2H3,(H,28,31). The number of hydrogen-bond acceptors (Lipinski definition) is 6. The van der Waals surface area contributed by atoms with Crippen molar-refractivity contribution in [3.63, 3.8) is 0 Å². The Bertz CT molecular complexity index is 1540. The fourth-order valence-corrected chi connectivity index (χ4v) is 6.80. The van der Waals surface area contributed by atoms with Gasteiger partial charge in [-0.2, -0.15) is 4.31 Å². The fraction of sp³-hybridized carbons (Fsp3) is 0.269. The van der Waals surface area contributed by atoms with Gasteiger partial charge in [0.25, 0.3) is 5.91 Å². The van der Waals surface area contributed by atoms with Crippen LogP contribution in [0.25, 0.3) is 0 Å². The number of sulfonamides is 2. The zero-order valence-corrected chi connectivity index (χ0v) is 23.3. The van der Waals surface area contributed by atoms with Gasteiger partial charge < -0.3 is 10.1 Å². The quantitative estimate of drug-likeness (QED) is 0.404. The summed E-state index contributed by atoms with van der Waals surface area (Å²) in [5, 5.41) is 3.16. The van der Waals surface area contributed by atoms with Crippen LogP contribution in [-0.4, -0.2) is 53.5 Å². The summed E-state index contributed by atoms with van der Waals surface area (Å²) in [5.41, 5.74) is 1.45. The number of anilines is 2. The van der Waals surface area contributed by atoms with Crippen LogP contribution in [0.15, 0.2) is 71.6 Å². The van der Waals surface area contributed by atoms with Crippen molar-refractivity contribution in [1.29, 1.82) is 0 Å². The van der Waals surface area contributed by atoms with E-state index in [1.807, 2.05) is 0 Å². The van der Waals surface area contributed by atoms with E-state index in [4.69, 9.17) is 16.3 Å². The van der Waals surface area contributed by atoms with E-state index < -0.39 is 26.0 Å². The lowest BCUT2D eigenvalue weighted by Crippen LogP contribution is -2.29. The Morgan fingerprint density at radius 2 is 1.66 bits per heavy atom. The highest BCUT2D eigenvalue weighted by atomic mass is 35.5. The van der Waals surface area contributed by atoms with Crippen LogP contribution in [-0.2, 0) is 26.6 Å². The summed E-state index contributed by atoms with van der Waals surface area (Å²) in [6.45, 7) is 0.951. The van der Waals surface area contributed by atoms with Gasteiger partial charge in [-0.1, -0.05) is 29.8 Å². The summed E-state index contributed by atoms with van der Waals surface area (Å²) < 4.78 is 59.0. The van der Waals surface area contributed by atoms with Gasteiger partial charge >= 0.3 is 0 Å². The van der Waals surface area contributed by atoms with Gasteiger partial charge in [-0.3, -0.25) is 9.10 Å². The highest BCUT2D eigenvalue weighted by Crippen LogP contribution is 2.31. The van der Waals surface area contributed by atoms with Crippen LogP contribution in [0.1, 0.15) is 28.8 Å². The molecule has 1 aliphatic heterocycles. The minimum atomic E-state index is -3.69. The summed E-state index contributed by atoms with van der Waals surface area (Å²) in [6.07, 6.45) is 2.72. The number of methoxy groups -OCH3 is 1. The Hall–Kier alpha value is -3.12. The molecule has 1 amide bonds. The van der Waals surface area contributed by atoms with Gasteiger partial charge in [-0.25, -0.2) is 16.8 Å². The van der Waals surface area contributed by atoms with E-state index in [2.05, 4.69) is 5.32 Å². The van der Waals surface area contributed by atoms with Gasteiger partial charge in [-0.05, 0) is 66.9 Å². The number of hydrogen-bond donors (Lipinski definition) is 1. The minimum Gasteiger partial charge on any atom is -0.495 e. The number of amides is 1. The topological polar surface area (TPSA) is 113 Å².